The van der Waals surface area contributed by atoms with Gasteiger partial charge >= 0.3 is 0 Å². The molecular weight excluding hydrogens is 296 g/mol. The van der Waals surface area contributed by atoms with Crippen LogP contribution in [-0.4, -0.2) is 32.6 Å². The van der Waals surface area contributed by atoms with Crippen LogP contribution in [0.5, 0.6) is 0 Å². The van der Waals surface area contributed by atoms with E-state index in [0.29, 0.717) is 29.9 Å². The maximum atomic E-state index is 12.7. The summed E-state index contributed by atoms with van der Waals surface area (Å²) in [6.07, 6.45) is 3.59. The highest BCUT2D eigenvalue weighted by Crippen LogP contribution is 2.31. The summed E-state index contributed by atoms with van der Waals surface area (Å²) in [7, 11) is 0. The van der Waals surface area contributed by atoms with E-state index in [4.69, 9.17) is 9.05 Å². The van der Waals surface area contributed by atoms with Crippen LogP contribution in [0.1, 0.15) is 67.1 Å². The van der Waals surface area contributed by atoms with E-state index < -0.39 is 0 Å². The number of likely N-dealkylation sites (tertiary alicyclic amines) is 1. The normalized spacial score (nSPS) is 18.6. The van der Waals surface area contributed by atoms with Crippen molar-refractivity contribution in [2.24, 2.45) is 5.92 Å². The number of aryl methyl sites for hydroxylation is 1. The van der Waals surface area contributed by atoms with Crippen molar-refractivity contribution in [3.63, 3.8) is 0 Å². The van der Waals surface area contributed by atoms with Gasteiger partial charge in [0, 0.05) is 19.0 Å². The number of carbonyl (C=O) groups is 1. The summed E-state index contributed by atoms with van der Waals surface area (Å²) < 4.78 is 10.5. The van der Waals surface area contributed by atoms with Gasteiger partial charge < -0.3 is 13.9 Å². The van der Waals surface area contributed by atoms with E-state index in [2.05, 4.69) is 29.1 Å². The number of amides is 1. The number of rotatable bonds is 4. The molecule has 7 nitrogen and oxygen atoms in total. The zero-order valence-corrected chi connectivity index (χ0v) is 13.8. The lowest BCUT2D eigenvalue weighted by Crippen LogP contribution is -2.38. The van der Waals surface area contributed by atoms with Gasteiger partial charge in [-0.25, -0.2) is 0 Å². The van der Waals surface area contributed by atoms with Gasteiger partial charge in [0.25, 0.3) is 5.91 Å². The van der Waals surface area contributed by atoms with Crippen molar-refractivity contribution >= 4 is 5.91 Å². The van der Waals surface area contributed by atoms with Crippen LogP contribution in [0.4, 0.5) is 0 Å². The molecular formula is C16H22N4O3. The predicted octanol–water partition coefficient (Wildman–Crippen LogP) is 2.93. The minimum atomic E-state index is -0.185. The number of carbonyl (C=O) groups excluding carboxylic acids is 1. The SMILES string of the molecule is Cc1cc(C(=O)N2CCCC[C@H]2c2nc(CC(C)C)no2)on1. The molecule has 124 valence electrons. The van der Waals surface area contributed by atoms with Crippen LogP contribution in [0, 0.1) is 12.8 Å². The molecule has 1 atom stereocenters. The number of piperidine rings is 1. The minimum absolute atomic E-state index is 0.168. The highest BCUT2D eigenvalue weighted by Gasteiger charge is 2.34. The molecule has 1 saturated heterocycles. The molecule has 2 aromatic heterocycles. The maximum absolute atomic E-state index is 12.7. The van der Waals surface area contributed by atoms with Gasteiger partial charge in [-0.1, -0.05) is 24.2 Å². The van der Waals surface area contributed by atoms with Gasteiger partial charge in [0.15, 0.2) is 5.82 Å². The zero-order chi connectivity index (χ0) is 16.4. The molecule has 0 unspecified atom stereocenters. The lowest BCUT2D eigenvalue weighted by Gasteiger charge is -2.32. The lowest BCUT2D eigenvalue weighted by molar-refractivity contribution is 0.0520. The fraction of sp³-hybridized carbons (Fsp3) is 0.625. The van der Waals surface area contributed by atoms with E-state index in [1.54, 1.807) is 17.9 Å². The third-order valence-corrected chi connectivity index (χ3v) is 3.96. The average Bonchev–Trinajstić information content (AvgIpc) is 3.15. The molecule has 3 rings (SSSR count). The molecule has 0 aliphatic carbocycles. The third-order valence-electron chi connectivity index (χ3n) is 3.96. The van der Waals surface area contributed by atoms with Crippen molar-refractivity contribution in [2.75, 3.05) is 6.54 Å². The Balaban J connectivity index is 1.81. The van der Waals surface area contributed by atoms with Crippen molar-refractivity contribution in [1.29, 1.82) is 0 Å². The Morgan fingerprint density at radius 1 is 1.35 bits per heavy atom. The Labute approximate surface area is 135 Å². The summed E-state index contributed by atoms with van der Waals surface area (Å²) in [6.45, 7) is 6.67. The molecule has 1 amide bonds. The topological polar surface area (TPSA) is 85.3 Å². The molecule has 1 aliphatic heterocycles. The van der Waals surface area contributed by atoms with Crippen LogP contribution < -0.4 is 0 Å². The summed E-state index contributed by atoms with van der Waals surface area (Å²) in [5.41, 5.74) is 0.693. The van der Waals surface area contributed by atoms with Crippen molar-refractivity contribution < 1.29 is 13.8 Å². The number of hydrogen-bond donors (Lipinski definition) is 0. The van der Waals surface area contributed by atoms with Gasteiger partial charge in [-0.15, -0.1) is 0 Å². The van der Waals surface area contributed by atoms with Crippen LogP contribution >= 0.6 is 0 Å². The van der Waals surface area contributed by atoms with Crippen LogP contribution in [0.2, 0.25) is 0 Å². The zero-order valence-electron chi connectivity index (χ0n) is 13.8. The van der Waals surface area contributed by atoms with E-state index in [9.17, 15) is 4.79 Å². The van der Waals surface area contributed by atoms with E-state index >= 15 is 0 Å². The molecule has 0 radical (unpaired) electrons. The highest BCUT2D eigenvalue weighted by atomic mass is 16.5. The second-order valence-corrected chi connectivity index (χ2v) is 6.49. The third kappa shape index (κ3) is 3.43. The summed E-state index contributed by atoms with van der Waals surface area (Å²) >= 11 is 0. The van der Waals surface area contributed by atoms with Gasteiger partial charge in [-0.05, 0) is 32.1 Å². The van der Waals surface area contributed by atoms with E-state index in [-0.39, 0.29) is 17.7 Å². The van der Waals surface area contributed by atoms with Crippen LogP contribution in [0.15, 0.2) is 15.1 Å². The van der Waals surface area contributed by atoms with Gasteiger partial charge in [0.2, 0.25) is 11.7 Å². The second-order valence-electron chi connectivity index (χ2n) is 6.49. The Kier molecular flexibility index (Phi) is 4.45. The highest BCUT2D eigenvalue weighted by molar-refractivity contribution is 5.91. The fourth-order valence-electron chi connectivity index (χ4n) is 2.89. The Hall–Kier alpha value is -2.18. The molecule has 0 N–H and O–H groups in total. The largest absolute Gasteiger partial charge is 0.351 e. The molecule has 23 heavy (non-hydrogen) atoms. The number of hydrogen-bond acceptors (Lipinski definition) is 6. The summed E-state index contributed by atoms with van der Waals surface area (Å²) in [4.78, 5) is 18.9. The summed E-state index contributed by atoms with van der Waals surface area (Å²) in [6, 6.07) is 1.47. The minimum Gasteiger partial charge on any atom is -0.351 e. The van der Waals surface area contributed by atoms with Crippen LogP contribution in [-0.2, 0) is 6.42 Å². The predicted molar refractivity (Wildman–Crippen MR) is 81.7 cm³/mol. The van der Waals surface area contributed by atoms with Gasteiger partial charge in [-0.2, -0.15) is 4.98 Å². The van der Waals surface area contributed by atoms with Crippen molar-refractivity contribution in [2.45, 2.75) is 52.5 Å². The first kappa shape index (κ1) is 15.7. The molecule has 0 aromatic carbocycles. The van der Waals surface area contributed by atoms with Crippen LogP contribution in [0.3, 0.4) is 0 Å². The first-order valence-corrected chi connectivity index (χ1v) is 8.11. The van der Waals surface area contributed by atoms with E-state index in [0.717, 1.165) is 25.7 Å². The van der Waals surface area contributed by atoms with Crippen molar-refractivity contribution in [3.05, 3.63) is 29.2 Å². The summed E-state index contributed by atoms with van der Waals surface area (Å²) in [5, 5.41) is 7.84. The number of nitrogens with zero attached hydrogens (tertiary/aromatic N) is 4. The molecule has 0 bridgehead atoms. The van der Waals surface area contributed by atoms with Crippen molar-refractivity contribution in [1.82, 2.24) is 20.2 Å². The van der Waals surface area contributed by atoms with Gasteiger partial charge in [0.1, 0.15) is 6.04 Å². The molecule has 0 saturated carbocycles. The molecule has 1 aliphatic rings. The average molecular weight is 318 g/mol. The molecule has 7 heteroatoms. The monoisotopic (exact) mass is 318 g/mol. The quantitative estimate of drug-likeness (QED) is 0.861. The van der Waals surface area contributed by atoms with Crippen LogP contribution in [0.25, 0.3) is 0 Å². The molecule has 0 spiro atoms. The Morgan fingerprint density at radius 3 is 2.87 bits per heavy atom. The first-order valence-electron chi connectivity index (χ1n) is 8.11. The molecule has 1 fully saturated rings. The van der Waals surface area contributed by atoms with E-state index in [1.165, 1.54) is 0 Å². The fourth-order valence-corrected chi connectivity index (χ4v) is 2.89. The smallest absolute Gasteiger partial charge is 0.293 e. The Morgan fingerprint density at radius 2 is 2.17 bits per heavy atom. The van der Waals surface area contributed by atoms with E-state index in [1.807, 2.05) is 0 Å². The summed E-state index contributed by atoms with van der Waals surface area (Å²) in [5.74, 6) is 1.77. The molecule has 2 aromatic rings. The first-order chi connectivity index (χ1) is 11.0. The maximum Gasteiger partial charge on any atom is 0.293 e. The van der Waals surface area contributed by atoms with Gasteiger partial charge in [0.05, 0.1) is 5.69 Å². The number of aromatic nitrogens is 3. The Bertz CT molecular complexity index is 676. The van der Waals surface area contributed by atoms with Gasteiger partial charge in [-0.3, -0.25) is 4.79 Å². The molecule has 3 heterocycles. The standard InChI is InChI=1S/C16H22N4O3/c1-10(2)8-14-17-15(23-19-14)12-6-4-5-7-20(12)16(21)13-9-11(3)18-22-13/h9-10,12H,4-8H2,1-3H3/t12-/m0/s1. The lowest BCUT2D eigenvalue weighted by atomic mass is 10.0. The second kappa shape index (κ2) is 6.52. The van der Waals surface area contributed by atoms with Crippen molar-refractivity contribution in [3.8, 4) is 0 Å².